The minimum atomic E-state index is 0.357. The topological polar surface area (TPSA) is 20.2 Å². The van der Waals surface area contributed by atoms with Crippen LogP contribution in [0, 0.1) is 17.8 Å². The third kappa shape index (κ3) is 5.59. The molecule has 0 saturated carbocycles. The lowest BCUT2D eigenvalue weighted by Crippen LogP contribution is -2.13. The number of aliphatic hydroxyl groups excluding tert-OH is 1. The first-order chi connectivity index (χ1) is 5.57. The van der Waals surface area contributed by atoms with Crippen LogP contribution >= 0.6 is 0 Å². The average molecular weight is 172 g/mol. The molecule has 0 aliphatic heterocycles. The predicted molar refractivity (Wildman–Crippen MR) is 54.1 cm³/mol. The first-order valence-corrected chi connectivity index (χ1v) is 5.18. The van der Waals surface area contributed by atoms with Crippen molar-refractivity contribution in [3.8, 4) is 0 Å². The summed E-state index contributed by atoms with van der Waals surface area (Å²) < 4.78 is 0. The van der Waals surface area contributed by atoms with Crippen LogP contribution < -0.4 is 0 Å². The number of hydrogen-bond donors (Lipinski definition) is 1. The second kappa shape index (κ2) is 6.47. The monoisotopic (exact) mass is 172 g/mol. The summed E-state index contributed by atoms with van der Waals surface area (Å²) in [6.45, 7) is 9.24. The van der Waals surface area contributed by atoms with Gasteiger partial charge in [-0.2, -0.15) is 0 Å². The molecule has 12 heavy (non-hydrogen) atoms. The van der Waals surface area contributed by atoms with Crippen LogP contribution in [0.1, 0.15) is 47.0 Å². The molecule has 0 aliphatic rings. The highest BCUT2D eigenvalue weighted by Gasteiger charge is 2.11. The summed E-state index contributed by atoms with van der Waals surface area (Å²) in [6, 6.07) is 0. The highest BCUT2D eigenvalue weighted by Crippen LogP contribution is 2.18. The standard InChI is InChI=1S/C11H24O/c1-9(2)6-5-7-11(8-12)10(3)4/h9-12H,5-8H2,1-4H3. The Morgan fingerprint density at radius 1 is 1.00 bits per heavy atom. The number of aliphatic hydroxyl groups is 1. The van der Waals surface area contributed by atoms with Gasteiger partial charge in [-0.05, 0) is 24.2 Å². The van der Waals surface area contributed by atoms with E-state index < -0.39 is 0 Å². The lowest BCUT2D eigenvalue weighted by Gasteiger charge is -2.18. The lowest BCUT2D eigenvalue weighted by molar-refractivity contribution is 0.177. The maximum atomic E-state index is 9.06. The summed E-state index contributed by atoms with van der Waals surface area (Å²) in [4.78, 5) is 0. The second-order valence-electron chi connectivity index (χ2n) is 4.51. The van der Waals surface area contributed by atoms with Gasteiger partial charge in [0.05, 0.1) is 0 Å². The van der Waals surface area contributed by atoms with E-state index in [4.69, 9.17) is 5.11 Å². The highest BCUT2D eigenvalue weighted by molar-refractivity contribution is 4.62. The van der Waals surface area contributed by atoms with Crippen molar-refractivity contribution >= 4 is 0 Å². The molecular formula is C11H24O. The average Bonchev–Trinajstić information content (AvgIpc) is 1.96. The lowest BCUT2D eigenvalue weighted by atomic mass is 9.90. The van der Waals surface area contributed by atoms with Gasteiger partial charge < -0.3 is 5.11 Å². The summed E-state index contributed by atoms with van der Waals surface area (Å²) in [5.74, 6) is 1.95. The molecule has 0 radical (unpaired) electrons. The molecule has 0 fully saturated rings. The van der Waals surface area contributed by atoms with Crippen molar-refractivity contribution in [1.82, 2.24) is 0 Å². The Bertz CT molecular complexity index is 97.2. The largest absolute Gasteiger partial charge is 0.396 e. The maximum Gasteiger partial charge on any atom is 0.0461 e. The zero-order valence-electron chi connectivity index (χ0n) is 9.01. The van der Waals surface area contributed by atoms with E-state index in [0.717, 1.165) is 5.92 Å². The van der Waals surface area contributed by atoms with Gasteiger partial charge >= 0.3 is 0 Å². The van der Waals surface area contributed by atoms with E-state index in [1.54, 1.807) is 0 Å². The molecular weight excluding hydrogens is 148 g/mol. The molecule has 0 bridgehead atoms. The molecule has 1 nitrogen and oxygen atoms in total. The summed E-state index contributed by atoms with van der Waals surface area (Å²) >= 11 is 0. The molecule has 0 spiro atoms. The van der Waals surface area contributed by atoms with Gasteiger partial charge in [0.25, 0.3) is 0 Å². The molecule has 0 aromatic rings. The Balaban J connectivity index is 3.45. The fourth-order valence-corrected chi connectivity index (χ4v) is 1.42. The quantitative estimate of drug-likeness (QED) is 0.653. The summed E-state index contributed by atoms with van der Waals surface area (Å²) in [7, 11) is 0. The zero-order chi connectivity index (χ0) is 9.56. The second-order valence-corrected chi connectivity index (χ2v) is 4.51. The van der Waals surface area contributed by atoms with E-state index in [1.165, 1.54) is 19.3 Å². The van der Waals surface area contributed by atoms with E-state index in [-0.39, 0.29) is 0 Å². The Morgan fingerprint density at radius 2 is 1.58 bits per heavy atom. The molecule has 0 rings (SSSR count). The number of hydrogen-bond acceptors (Lipinski definition) is 1. The Kier molecular flexibility index (Phi) is 6.45. The van der Waals surface area contributed by atoms with Crippen molar-refractivity contribution in [2.45, 2.75) is 47.0 Å². The highest BCUT2D eigenvalue weighted by atomic mass is 16.3. The van der Waals surface area contributed by atoms with E-state index in [2.05, 4.69) is 27.7 Å². The normalized spacial score (nSPS) is 14.2. The molecule has 0 aliphatic carbocycles. The molecule has 74 valence electrons. The van der Waals surface area contributed by atoms with E-state index in [1.807, 2.05) is 0 Å². The van der Waals surface area contributed by atoms with Crippen LogP contribution in [0.2, 0.25) is 0 Å². The van der Waals surface area contributed by atoms with E-state index in [9.17, 15) is 0 Å². The summed E-state index contributed by atoms with van der Waals surface area (Å²) in [6.07, 6.45) is 3.75. The van der Waals surface area contributed by atoms with Crippen LogP contribution in [0.3, 0.4) is 0 Å². The van der Waals surface area contributed by atoms with Crippen molar-refractivity contribution in [3.63, 3.8) is 0 Å². The first-order valence-electron chi connectivity index (χ1n) is 5.18. The molecule has 0 saturated heterocycles. The SMILES string of the molecule is CC(C)CCCC(CO)C(C)C. The fourth-order valence-electron chi connectivity index (χ4n) is 1.42. The van der Waals surface area contributed by atoms with Gasteiger partial charge in [-0.25, -0.2) is 0 Å². The molecule has 0 aromatic carbocycles. The van der Waals surface area contributed by atoms with Crippen molar-refractivity contribution in [1.29, 1.82) is 0 Å². The van der Waals surface area contributed by atoms with Gasteiger partial charge in [0.15, 0.2) is 0 Å². The van der Waals surface area contributed by atoms with Crippen LogP contribution in [0.25, 0.3) is 0 Å². The third-order valence-electron chi connectivity index (χ3n) is 2.53. The molecule has 1 unspecified atom stereocenters. The predicted octanol–water partition coefficient (Wildman–Crippen LogP) is 3.08. The minimum absolute atomic E-state index is 0.357. The first kappa shape index (κ1) is 12.0. The van der Waals surface area contributed by atoms with Crippen molar-refractivity contribution in [3.05, 3.63) is 0 Å². The van der Waals surface area contributed by atoms with Crippen molar-refractivity contribution in [2.24, 2.45) is 17.8 Å². The van der Waals surface area contributed by atoms with Gasteiger partial charge in [0.2, 0.25) is 0 Å². The van der Waals surface area contributed by atoms with Gasteiger partial charge in [-0.15, -0.1) is 0 Å². The Hall–Kier alpha value is -0.0400. The molecule has 1 atom stereocenters. The molecule has 1 heteroatoms. The van der Waals surface area contributed by atoms with Crippen molar-refractivity contribution < 1.29 is 5.11 Å². The zero-order valence-corrected chi connectivity index (χ0v) is 9.01. The van der Waals surface area contributed by atoms with Gasteiger partial charge in [0, 0.05) is 6.61 Å². The fraction of sp³-hybridized carbons (Fsp3) is 1.00. The molecule has 0 aromatic heterocycles. The summed E-state index contributed by atoms with van der Waals surface area (Å²) in [5.41, 5.74) is 0. The van der Waals surface area contributed by atoms with Crippen LogP contribution in [0.4, 0.5) is 0 Å². The van der Waals surface area contributed by atoms with Gasteiger partial charge in [-0.3, -0.25) is 0 Å². The number of rotatable bonds is 6. The van der Waals surface area contributed by atoms with Crippen LogP contribution in [-0.4, -0.2) is 11.7 Å². The van der Waals surface area contributed by atoms with E-state index >= 15 is 0 Å². The minimum Gasteiger partial charge on any atom is -0.396 e. The Labute approximate surface area is 77.2 Å². The molecule has 1 N–H and O–H groups in total. The third-order valence-corrected chi connectivity index (χ3v) is 2.53. The summed E-state index contributed by atoms with van der Waals surface area (Å²) in [5, 5.41) is 9.06. The van der Waals surface area contributed by atoms with Crippen molar-refractivity contribution in [2.75, 3.05) is 6.61 Å². The molecule has 0 heterocycles. The molecule has 0 amide bonds. The smallest absolute Gasteiger partial charge is 0.0461 e. The van der Waals surface area contributed by atoms with Gasteiger partial charge in [-0.1, -0.05) is 40.5 Å². The van der Waals surface area contributed by atoms with Gasteiger partial charge in [0.1, 0.15) is 0 Å². The Morgan fingerprint density at radius 3 is 1.92 bits per heavy atom. The van der Waals surface area contributed by atoms with E-state index in [0.29, 0.717) is 18.4 Å². The van der Waals surface area contributed by atoms with Crippen LogP contribution in [-0.2, 0) is 0 Å². The van der Waals surface area contributed by atoms with Crippen LogP contribution in [0.15, 0.2) is 0 Å². The maximum absolute atomic E-state index is 9.06. The van der Waals surface area contributed by atoms with Crippen LogP contribution in [0.5, 0.6) is 0 Å².